The van der Waals surface area contributed by atoms with E-state index in [1.54, 1.807) is 24.3 Å². The molecule has 0 spiro atoms. The largest absolute Gasteiger partial charge is 0.346 e. The minimum Gasteiger partial charge on any atom is -0.346 e. The monoisotopic (exact) mass is 325 g/mol. The van der Waals surface area contributed by atoms with Crippen LogP contribution in [0.15, 0.2) is 24.3 Å². The lowest BCUT2D eigenvalue weighted by molar-refractivity contribution is -0.117. The Labute approximate surface area is 137 Å². The van der Waals surface area contributed by atoms with Crippen molar-refractivity contribution in [2.24, 2.45) is 17.6 Å². The normalized spacial score (nSPS) is 19.8. The van der Waals surface area contributed by atoms with Crippen LogP contribution in [0, 0.1) is 11.8 Å². The summed E-state index contributed by atoms with van der Waals surface area (Å²) < 4.78 is 0. The molecule has 5 nitrogen and oxygen atoms in total. The van der Waals surface area contributed by atoms with Crippen molar-refractivity contribution >= 4 is 29.9 Å². The van der Waals surface area contributed by atoms with Crippen LogP contribution in [-0.4, -0.2) is 23.9 Å². The third-order valence-corrected chi connectivity index (χ3v) is 3.80. The molecule has 2 unspecified atom stereocenters. The first-order valence-electron chi connectivity index (χ1n) is 7.26. The van der Waals surface area contributed by atoms with Crippen molar-refractivity contribution in [2.45, 2.75) is 32.7 Å². The SMILES string of the molecule is CC1CC1C(=O)Nc1cccc(C(=O)NC(C)(C)CN)c1.Cl. The second kappa shape index (κ2) is 7.11. The minimum absolute atomic E-state index is 0. The molecule has 0 heterocycles. The zero-order valence-electron chi connectivity index (χ0n) is 13.2. The van der Waals surface area contributed by atoms with Crippen LogP contribution in [0.1, 0.15) is 37.6 Å². The van der Waals surface area contributed by atoms with Crippen molar-refractivity contribution in [3.63, 3.8) is 0 Å². The predicted octanol–water partition coefficient (Wildman–Crippen LogP) is 2.17. The maximum atomic E-state index is 12.2. The number of carbonyl (C=O) groups excluding carboxylic acids is 2. The van der Waals surface area contributed by atoms with E-state index in [0.29, 0.717) is 23.7 Å². The number of benzene rings is 1. The molecular formula is C16H24ClN3O2. The van der Waals surface area contributed by atoms with Crippen molar-refractivity contribution in [1.82, 2.24) is 5.32 Å². The van der Waals surface area contributed by atoms with Crippen LogP contribution in [0.25, 0.3) is 0 Å². The number of nitrogens with two attached hydrogens (primary N) is 1. The van der Waals surface area contributed by atoms with Crippen LogP contribution < -0.4 is 16.4 Å². The third-order valence-electron chi connectivity index (χ3n) is 3.80. The Morgan fingerprint density at radius 3 is 2.55 bits per heavy atom. The van der Waals surface area contributed by atoms with Gasteiger partial charge in [0.25, 0.3) is 5.91 Å². The van der Waals surface area contributed by atoms with Gasteiger partial charge in [-0.2, -0.15) is 0 Å². The molecule has 1 aromatic carbocycles. The fourth-order valence-electron chi connectivity index (χ4n) is 2.09. The Kier molecular flexibility index (Phi) is 5.97. The van der Waals surface area contributed by atoms with Gasteiger partial charge in [-0.15, -0.1) is 12.4 Å². The number of hydrogen-bond acceptors (Lipinski definition) is 3. The molecule has 2 amide bonds. The van der Waals surface area contributed by atoms with E-state index in [-0.39, 0.29) is 30.1 Å². The minimum atomic E-state index is -0.459. The lowest BCUT2D eigenvalue weighted by Crippen LogP contribution is -2.48. The highest BCUT2D eigenvalue weighted by molar-refractivity contribution is 5.98. The highest BCUT2D eigenvalue weighted by atomic mass is 35.5. The topological polar surface area (TPSA) is 84.2 Å². The van der Waals surface area contributed by atoms with Gasteiger partial charge < -0.3 is 16.4 Å². The summed E-state index contributed by atoms with van der Waals surface area (Å²) >= 11 is 0. The van der Waals surface area contributed by atoms with Crippen LogP contribution in [0.5, 0.6) is 0 Å². The summed E-state index contributed by atoms with van der Waals surface area (Å²) in [6.45, 7) is 6.15. The molecule has 0 aliphatic heterocycles. The smallest absolute Gasteiger partial charge is 0.251 e. The second-order valence-corrected chi connectivity index (χ2v) is 6.43. The molecule has 0 bridgehead atoms. The number of rotatable bonds is 5. The van der Waals surface area contributed by atoms with Gasteiger partial charge in [0, 0.05) is 29.3 Å². The fourth-order valence-corrected chi connectivity index (χ4v) is 2.09. The summed E-state index contributed by atoms with van der Waals surface area (Å²) in [6, 6.07) is 6.95. The quantitative estimate of drug-likeness (QED) is 0.775. The molecule has 122 valence electrons. The zero-order valence-corrected chi connectivity index (χ0v) is 14.0. The van der Waals surface area contributed by atoms with Gasteiger partial charge in [-0.1, -0.05) is 13.0 Å². The molecule has 0 aromatic heterocycles. The first-order valence-corrected chi connectivity index (χ1v) is 7.26. The van der Waals surface area contributed by atoms with E-state index in [2.05, 4.69) is 17.6 Å². The molecule has 1 aliphatic carbocycles. The molecule has 1 fully saturated rings. The van der Waals surface area contributed by atoms with Gasteiger partial charge in [0.05, 0.1) is 0 Å². The van der Waals surface area contributed by atoms with Gasteiger partial charge in [-0.3, -0.25) is 9.59 Å². The zero-order chi connectivity index (χ0) is 15.6. The maximum Gasteiger partial charge on any atom is 0.251 e. The molecular weight excluding hydrogens is 302 g/mol. The van der Waals surface area contributed by atoms with E-state index in [4.69, 9.17) is 5.73 Å². The van der Waals surface area contributed by atoms with Gasteiger partial charge in [-0.25, -0.2) is 0 Å². The van der Waals surface area contributed by atoms with Gasteiger partial charge in [0.1, 0.15) is 0 Å². The van der Waals surface area contributed by atoms with Crippen LogP contribution >= 0.6 is 12.4 Å². The number of hydrogen-bond donors (Lipinski definition) is 3. The number of nitrogens with one attached hydrogen (secondary N) is 2. The van der Waals surface area contributed by atoms with E-state index >= 15 is 0 Å². The van der Waals surface area contributed by atoms with E-state index < -0.39 is 5.54 Å². The maximum absolute atomic E-state index is 12.2. The number of halogens is 1. The Balaban J connectivity index is 0.00000242. The number of anilines is 1. The van der Waals surface area contributed by atoms with Gasteiger partial charge in [0.2, 0.25) is 5.91 Å². The first kappa shape index (κ1) is 18.5. The van der Waals surface area contributed by atoms with Crippen molar-refractivity contribution in [3.8, 4) is 0 Å². The van der Waals surface area contributed by atoms with Gasteiger partial charge >= 0.3 is 0 Å². The van der Waals surface area contributed by atoms with E-state index in [1.165, 1.54) is 0 Å². The Bertz CT molecular complexity index is 560. The van der Waals surface area contributed by atoms with Gasteiger partial charge in [0.15, 0.2) is 0 Å². The highest BCUT2D eigenvalue weighted by Gasteiger charge is 2.39. The number of amides is 2. The molecule has 6 heteroatoms. The molecule has 2 atom stereocenters. The fraction of sp³-hybridized carbons (Fsp3) is 0.500. The van der Waals surface area contributed by atoms with Crippen LogP contribution in [0.3, 0.4) is 0 Å². The van der Waals surface area contributed by atoms with Crippen molar-refractivity contribution in [3.05, 3.63) is 29.8 Å². The number of carbonyl (C=O) groups is 2. The average Bonchev–Trinajstić information content (AvgIpc) is 3.16. The molecule has 1 saturated carbocycles. The summed E-state index contributed by atoms with van der Waals surface area (Å²) in [6.07, 6.45) is 0.941. The molecule has 2 rings (SSSR count). The molecule has 4 N–H and O–H groups in total. The molecule has 1 aliphatic rings. The van der Waals surface area contributed by atoms with E-state index in [1.807, 2.05) is 13.8 Å². The Morgan fingerprint density at radius 1 is 1.36 bits per heavy atom. The first-order chi connectivity index (χ1) is 9.82. The summed E-state index contributed by atoms with van der Waals surface area (Å²) in [7, 11) is 0. The van der Waals surface area contributed by atoms with Crippen molar-refractivity contribution in [1.29, 1.82) is 0 Å². The molecule has 0 radical (unpaired) electrons. The molecule has 0 saturated heterocycles. The summed E-state index contributed by atoms with van der Waals surface area (Å²) in [5.41, 5.74) is 6.31. The standard InChI is InChI=1S/C16H23N3O2.ClH/c1-10-7-13(10)15(21)18-12-6-4-5-11(8-12)14(20)19-16(2,3)9-17;/h4-6,8,10,13H,7,9,17H2,1-3H3,(H,18,21)(H,19,20);1H. The molecule has 1 aromatic rings. The second-order valence-electron chi connectivity index (χ2n) is 6.43. The van der Waals surface area contributed by atoms with E-state index in [9.17, 15) is 9.59 Å². The van der Waals surface area contributed by atoms with Crippen LogP contribution in [0.4, 0.5) is 5.69 Å². The van der Waals surface area contributed by atoms with Crippen molar-refractivity contribution < 1.29 is 9.59 Å². The molecule has 22 heavy (non-hydrogen) atoms. The van der Waals surface area contributed by atoms with Crippen molar-refractivity contribution in [2.75, 3.05) is 11.9 Å². The average molecular weight is 326 g/mol. The van der Waals surface area contributed by atoms with Gasteiger partial charge in [-0.05, 0) is 44.4 Å². The summed E-state index contributed by atoms with van der Waals surface area (Å²) in [4.78, 5) is 24.1. The lowest BCUT2D eigenvalue weighted by atomic mass is 10.0. The third kappa shape index (κ3) is 4.71. The predicted molar refractivity (Wildman–Crippen MR) is 90.2 cm³/mol. The van der Waals surface area contributed by atoms with Crippen LogP contribution in [0.2, 0.25) is 0 Å². The Hall–Kier alpha value is -1.59. The summed E-state index contributed by atoms with van der Waals surface area (Å²) in [5, 5.41) is 5.73. The Morgan fingerprint density at radius 2 is 2.00 bits per heavy atom. The van der Waals surface area contributed by atoms with E-state index in [0.717, 1.165) is 6.42 Å². The van der Waals surface area contributed by atoms with Crippen LogP contribution in [-0.2, 0) is 4.79 Å². The lowest BCUT2D eigenvalue weighted by Gasteiger charge is -2.24. The highest BCUT2D eigenvalue weighted by Crippen LogP contribution is 2.38. The summed E-state index contributed by atoms with van der Waals surface area (Å²) in [5.74, 6) is 0.407.